The lowest BCUT2D eigenvalue weighted by atomic mass is 10.1. The molecule has 24 heavy (non-hydrogen) atoms. The van der Waals surface area contributed by atoms with Crippen LogP contribution in [0.15, 0.2) is 48.2 Å². The Hall–Kier alpha value is -3.35. The third-order valence-corrected chi connectivity index (χ3v) is 3.07. The first-order chi connectivity index (χ1) is 11.4. The molecule has 0 saturated carbocycles. The maximum atomic E-state index is 12.9. The third-order valence-electron chi connectivity index (χ3n) is 3.07. The number of methoxy groups -OCH3 is 1. The Bertz CT molecular complexity index is 799. The van der Waals surface area contributed by atoms with Crippen LogP contribution in [0.5, 0.6) is 11.5 Å². The molecule has 0 spiro atoms. The number of benzene rings is 2. The van der Waals surface area contributed by atoms with Crippen LogP contribution in [0.4, 0.5) is 4.39 Å². The minimum absolute atomic E-state index is 0.153. The Kier molecular flexibility index (Phi) is 5.16. The van der Waals surface area contributed by atoms with Crippen LogP contribution in [0.3, 0.4) is 0 Å². The van der Waals surface area contributed by atoms with Crippen molar-refractivity contribution in [3.63, 3.8) is 0 Å². The molecule has 6 nitrogen and oxygen atoms in total. The molecular weight excluding hydrogens is 317 g/mol. The Labute approximate surface area is 136 Å². The zero-order valence-corrected chi connectivity index (χ0v) is 12.6. The highest BCUT2D eigenvalue weighted by Crippen LogP contribution is 2.25. The van der Waals surface area contributed by atoms with E-state index in [1.807, 2.05) is 0 Å². The number of phenolic OH excluding ortho intramolecular Hbond substituents is 2. The van der Waals surface area contributed by atoms with Crippen LogP contribution in [0.1, 0.15) is 15.9 Å². The van der Waals surface area contributed by atoms with Gasteiger partial charge < -0.3 is 20.3 Å². The Morgan fingerprint density at radius 2 is 1.75 bits per heavy atom. The van der Waals surface area contributed by atoms with E-state index in [9.17, 15) is 24.2 Å². The number of carbonyl (C=O) groups excluding carboxylic acids is 2. The highest BCUT2D eigenvalue weighted by molar-refractivity contribution is 6.03. The average molecular weight is 331 g/mol. The molecule has 3 N–H and O–H groups in total. The van der Waals surface area contributed by atoms with Crippen molar-refractivity contribution in [3.8, 4) is 11.5 Å². The SMILES string of the molecule is COC(=O)/C(=C\c1ccc(O)c(O)c1)NC(=O)c1ccc(F)cc1. The van der Waals surface area contributed by atoms with Gasteiger partial charge in [-0.15, -0.1) is 0 Å². The minimum Gasteiger partial charge on any atom is -0.504 e. The highest BCUT2D eigenvalue weighted by Gasteiger charge is 2.15. The van der Waals surface area contributed by atoms with E-state index in [1.165, 1.54) is 36.4 Å². The third kappa shape index (κ3) is 4.10. The summed E-state index contributed by atoms with van der Waals surface area (Å²) in [4.78, 5) is 23.9. The molecule has 0 aliphatic rings. The van der Waals surface area contributed by atoms with E-state index in [4.69, 9.17) is 0 Å². The van der Waals surface area contributed by atoms with Gasteiger partial charge in [0.25, 0.3) is 5.91 Å². The van der Waals surface area contributed by atoms with Crippen molar-refractivity contribution < 1.29 is 28.9 Å². The number of nitrogens with one attached hydrogen (secondary N) is 1. The predicted molar refractivity (Wildman–Crippen MR) is 83.6 cm³/mol. The number of phenols is 2. The van der Waals surface area contributed by atoms with Crippen LogP contribution in [0.2, 0.25) is 0 Å². The molecule has 0 fully saturated rings. The van der Waals surface area contributed by atoms with Crippen LogP contribution in [-0.4, -0.2) is 29.2 Å². The van der Waals surface area contributed by atoms with Crippen LogP contribution in [0, 0.1) is 5.82 Å². The number of aromatic hydroxyl groups is 2. The quantitative estimate of drug-likeness (QED) is 0.453. The van der Waals surface area contributed by atoms with Crippen LogP contribution in [0.25, 0.3) is 6.08 Å². The zero-order chi connectivity index (χ0) is 17.7. The van der Waals surface area contributed by atoms with E-state index >= 15 is 0 Å². The summed E-state index contributed by atoms with van der Waals surface area (Å²) >= 11 is 0. The molecule has 0 aliphatic heterocycles. The van der Waals surface area contributed by atoms with Gasteiger partial charge in [0.05, 0.1) is 7.11 Å². The van der Waals surface area contributed by atoms with Gasteiger partial charge >= 0.3 is 5.97 Å². The van der Waals surface area contributed by atoms with Crippen molar-refractivity contribution in [1.29, 1.82) is 0 Å². The molecule has 0 saturated heterocycles. The molecule has 0 heterocycles. The van der Waals surface area contributed by atoms with Gasteiger partial charge in [-0.2, -0.15) is 0 Å². The Morgan fingerprint density at radius 3 is 2.33 bits per heavy atom. The van der Waals surface area contributed by atoms with Crippen LogP contribution in [-0.2, 0) is 9.53 Å². The van der Waals surface area contributed by atoms with E-state index in [0.717, 1.165) is 19.2 Å². The van der Waals surface area contributed by atoms with Crippen molar-refractivity contribution in [2.24, 2.45) is 0 Å². The second-order valence-electron chi connectivity index (χ2n) is 4.76. The number of carbonyl (C=O) groups is 2. The lowest BCUT2D eigenvalue weighted by molar-refractivity contribution is -0.136. The molecule has 0 bridgehead atoms. The fraction of sp³-hybridized carbons (Fsp3) is 0.0588. The van der Waals surface area contributed by atoms with Gasteiger partial charge in [0.2, 0.25) is 0 Å². The number of halogens is 1. The van der Waals surface area contributed by atoms with E-state index in [2.05, 4.69) is 10.1 Å². The summed E-state index contributed by atoms with van der Waals surface area (Å²) in [6, 6.07) is 8.66. The summed E-state index contributed by atoms with van der Waals surface area (Å²) < 4.78 is 17.5. The fourth-order valence-electron chi connectivity index (χ4n) is 1.85. The average Bonchev–Trinajstić information content (AvgIpc) is 2.57. The summed E-state index contributed by atoms with van der Waals surface area (Å²) in [5.41, 5.74) is 0.321. The summed E-state index contributed by atoms with van der Waals surface area (Å²) in [7, 11) is 1.15. The largest absolute Gasteiger partial charge is 0.504 e. The first kappa shape index (κ1) is 17.0. The van der Waals surface area contributed by atoms with Crippen LogP contribution < -0.4 is 5.32 Å². The second-order valence-corrected chi connectivity index (χ2v) is 4.76. The number of amides is 1. The summed E-state index contributed by atoms with van der Waals surface area (Å²) in [5.74, 6) is -2.62. The zero-order valence-electron chi connectivity index (χ0n) is 12.6. The standard InChI is InChI=1S/C17H14FNO5/c1-24-17(23)13(8-10-2-7-14(20)15(21)9-10)19-16(22)11-3-5-12(18)6-4-11/h2-9,20-21H,1H3,(H,19,22)/b13-8+. The smallest absolute Gasteiger partial charge is 0.354 e. The fourth-order valence-corrected chi connectivity index (χ4v) is 1.85. The molecule has 2 aromatic rings. The lowest BCUT2D eigenvalue weighted by Crippen LogP contribution is -2.28. The van der Waals surface area contributed by atoms with Gasteiger partial charge in [0, 0.05) is 5.56 Å². The van der Waals surface area contributed by atoms with Crippen molar-refractivity contribution in [2.45, 2.75) is 0 Å². The normalized spacial score (nSPS) is 11.0. The maximum absolute atomic E-state index is 12.9. The predicted octanol–water partition coefficient (Wildman–Crippen LogP) is 2.18. The van der Waals surface area contributed by atoms with Crippen molar-refractivity contribution in [3.05, 3.63) is 65.1 Å². The number of rotatable bonds is 4. The molecule has 2 rings (SSSR count). The van der Waals surface area contributed by atoms with E-state index in [1.54, 1.807) is 0 Å². The van der Waals surface area contributed by atoms with Crippen molar-refractivity contribution in [1.82, 2.24) is 5.32 Å². The molecule has 0 aromatic heterocycles. The molecule has 0 aliphatic carbocycles. The van der Waals surface area contributed by atoms with Gasteiger partial charge in [0.1, 0.15) is 11.5 Å². The maximum Gasteiger partial charge on any atom is 0.354 e. The van der Waals surface area contributed by atoms with Gasteiger partial charge in [-0.1, -0.05) is 6.07 Å². The van der Waals surface area contributed by atoms with Crippen molar-refractivity contribution >= 4 is 18.0 Å². The van der Waals surface area contributed by atoms with Gasteiger partial charge in [-0.3, -0.25) is 4.79 Å². The monoisotopic (exact) mass is 331 g/mol. The number of hydrogen-bond acceptors (Lipinski definition) is 5. The van der Waals surface area contributed by atoms with E-state index < -0.39 is 17.7 Å². The number of ether oxygens (including phenoxy) is 1. The first-order valence-corrected chi connectivity index (χ1v) is 6.79. The van der Waals surface area contributed by atoms with E-state index in [0.29, 0.717) is 5.56 Å². The molecule has 0 atom stereocenters. The first-order valence-electron chi connectivity index (χ1n) is 6.79. The molecule has 7 heteroatoms. The van der Waals surface area contributed by atoms with Crippen molar-refractivity contribution in [2.75, 3.05) is 7.11 Å². The second kappa shape index (κ2) is 7.28. The molecular formula is C17H14FNO5. The summed E-state index contributed by atoms with van der Waals surface area (Å²) in [5, 5.41) is 21.1. The summed E-state index contributed by atoms with van der Waals surface area (Å²) in [6.07, 6.45) is 1.27. The minimum atomic E-state index is -0.807. The van der Waals surface area contributed by atoms with Crippen LogP contribution >= 0.6 is 0 Å². The molecule has 124 valence electrons. The van der Waals surface area contributed by atoms with Gasteiger partial charge in [-0.05, 0) is 48.0 Å². The molecule has 0 radical (unpaired) electrons. The highest BCUT2D eigenvalue weighted by atomic mass is 19.1. The molecule has 1 amide bonds. The van der Waals surface area contributed by atoms with E-state index in [-0.39, 0.29) is 22.8 Å². The molecule has 2 aromatic carbocycles. The van der Waals surface area contributed by atoms with Gasteiger partial charge in [0.15, 0.2) is 11.5 Å². The van der Waals surface area contributed by atoms with Gasteiger partial charge in [-0.25, -0.2) is 9.18 Å². The lowest BCUT2D eigenvalue weighted by Gasteiger charge is -2.09. The number of esters is 1. The Morgan fingerprint density at radius 1 is 1.08 bits per heavy atom. The Balaban J connectivity index is 2.29. The summed E-state index contributed by atoms with van der Waals surface area (Å²) in [6.45, 7) is 0. The molecule has 0 unspecified atom stereocenters. The topological polar surface area (TPSA) is 95.9 Å². The number of hydrogen-bond donors (Lipinski definition) is 3.